The van der Waals surface area contributed by atoms with Gasteiger partial charge in [-0.05, 0) is 38.0 Å². The maximum Gasteiger partial charge on any atom is 0.279 e. The van der Waals surface area contributed by atoms with Crippen LogP contribution in [0.2, 0.25) is 0 Å². The number of nitrogens with zero attached hydrogens (tertiary/aromatic N) is 1. The highest BCUT2D eigenvalue weighted by Crippen LogP contribution is 2.23. The van der Waals surface area contributed by atoms with Crippen molar-refractivity contribution in [2.45, 2.75) is 51.6 Å². The normalized spacial score (nSPS) is 25.6. The molecule has 6 heteroatoms. The van der Waals surface area contributed by atoms with Gasteiger partial charge in [0.2, 0.25) is 0 Å². The van der Waals surface area contributed by atoms with Crippen LogP contribution in [0.4, 0.5) is 0 Å². The lowest BCUT2D eigenvalue weighted by atomic mass is 9.88. The van der Waals surface area contributed by atoms with Crippen LogP contribution >= 0.6 is 0 Å². The van der Waals surface area contributed by atoms with Crippen molar-refractivity contribution in [2.24, 2.45) is 5.92 Å². The van der Waals surface area contributed by atoms with Gasteiger partial charge in [-0.25, -0.2) is 4.72 Å². The lowest BCUT2D eigenvalue weighted by Gasteiger charge is -2.26. The Morgan fingerprint density at radius 2 is 1.89 bits per heavy atom. The van der Waals surface area contributed by atoms with Crippen LogP contribution in [0.25, 0.3) is 0 Å². The van der Waals surface area contributed by atoms with E-state index >= 15 is 0 Å². The van der Waals surface area contributed by atoms with E-state index in [0.29, 0.717) is 19.0 Å². The van der Waals surface area contributed by atoms with E-state index in [0.717, 1.165) is 38.5 Å². The van der Waals surface area contributed by atoms with E-state index in [-0.39, 0.29) is 6.10 Å². The summed E-state index contributed by atoms with van der Waals surface area (Å²) < 4.78 is 27.9. The fraction of sp³-hybridized carbons (Fsp3) is 1.00. The van der Waals surface area contributed by atoms with Gasteiger partial charge in [-0.2, -0.15) is 12.7 Å². The van der Waals surface area contributed by atoms with Gasteiger partial charge in [0.05, 0.1) is 6.10 Å². The monoisotopic (exact) mass is 278 g/mol. The second-order valence-corrected chi connectivity index (χ2v) is 7.07. The van der Waals surface area contributed by atoms with Crippen molar-refractivity contribution in [3.63, 3.8) is 0 Å². The summed E-state index contributed by atoms with van der Waals surface area (Å²) in [6.45, 7) is 3.10. The Labute approximate surface area is 111 Å². The van der Waals surface area contributed by atoms with E-state index in [1.165, 1.54) is 4.31 Å². The van der Waals surface area contributed by atoms with Gasteiger partial charge in [0.1, 0.15) is 0 Å². The number of rotatable bonds is 7. The minimum Gasteiger partial charge on any atom is -0.393 e. The first-order valence-corrected chi connectivity index (χ1v) is 8.28. The predicted molar refractivity (Wildman–Crippen MR) is 72.4 cm³/mol. The van der Waals surface area contributed by atoms with Gasteiger partial charge in [0.15, 0.2) is 0 Å². The zero-order valence-corrected chi connectivity index (χ0v) is 12.2. The first-order chi connectivity index (χ1) is 8.45. The number of unbranched alkanes of at least 4 members (excludes halogenated alkanes) is 1. The fourth-order valence-electron chi connectivity index (χ4n) is 2.18. The van der Waals surface area contributed by atoms with Gasteiger partial charge in [-0.1, -0.05) is 13.3 Å². The SMILES string of the molecule is CCCCN(C)S(=O)(=O)NCC1CCC(O)CC1. The average Bonchev–Trinajstić information content (AvgIpc) is 2.35. The maximum absolute atomic E-state index is 11.9. The molecule has 0 radical (unpaired) electrons. The van der Waals surface area contributed by atoms with Crippen molar-refractivity contribution in [3.8, 4) is 0 Å². The van der Waals surface area contributed by atoms with Crippen LogP contribution in [0.3, 0.4) is 0 Å². The summed E-state index contributed by atoms with van der Waals surface area (Å²) in [6, 6.07) is 0. The summed E-state index contributed by atoms with van der Waals surface area (Å²) in [5, 5.41) is 9.39. The van der Waals surface area contributed by atoms with Crippen molar-refractivity contribution in [3.05, 3.63) is 0 Å². The molecule has 2 N–H and O–H groups in total. The molecular weight excluding hydrogens is 252 g/mol. The van der Waals surface area contributed by atoms with Gasteiger partial charge >= 0.3 is 0 Å². The average molecular weight is 278 g/mol. The molecule has 18 heavy (non-hydrogen) atoms. The molecule has 0 bridgehead atoms. The van der Waals surface area contributed by atoms with Gasteiger partial charge in [-0.15, -0.1) is 0 Å². The molecule has 0 aliphatic heterocycles. The molecule has 0 aromatic heterocycles. The topological polar surface area (TPSA) is 69.6 Å². The van der Waals surface area contributed by atoms with E-state index in [1.54, 1.807) is 7.05 Å². The minimum absolute atomic E-state index is 0.190. The van der Waals surface area contributed by atoms with Crippen LogP contribution in [-0.2, 0) is 10.2 Å². The van der Waals surface area contributed by atoms with E-state index in [1.807, 2.05) is 6.92 Å². The highest BCUT2D eigenvalue weighted by atomic mass is 32.2. The van der Waals surface area contributed by atoms with E-state index in [2.05, 4.69) is 4.72 Å². The van der Waals surface area contributed by atoms with Crippen LogP contribution in [0.5, 0.6) is 0 Å². The molecule has 5 nitrogen and oxygen atoms in total. The maximum atomic E-state index is 11.9. The number of hydrogen-bond donors (Lipinski definition) is 2. The molecule has 0 heterocycles. The second-order valence-electron chi connectivity index (χ2n) is 5.20. The minimum atomic E-state index is -3.32. The van der Waals surface area contributed by atoms with E-state index in [4.69, 9.17) is 0 Å². The summed E-state index contributed by atoms with van der Waals surface area (Å²) >= 11 is 0. The van der Waals surface area contributed by atoms with Gasteiger partial charge in [0.25, 0.3) is 10.2 Å². The first kappa shape index (κ1) is 15.9. The largest absolute Gasteiger partial charge is 0.393 e. The van der Waals surface area contributed by atoms with Crippen molar-refractivity contribution >= 4 is 10.2 Å². The highest BCUT2D eigenvalue weighted by Gasteiger charge is 2.22. The molecule has 1 rings (SSSR count). The lowest BCUT2D eigenvalue weighted by molar-refractivity contribution is 0.109. The Kier molecular flexibility index (Phi) is 6.55. The number of aliphatic hydroxyl groups is 1. The zero-order chi connectivity index (χ0) is 13.6. The molecule has 0 aromatic carbocycles. The summed E-state index contributed by atoms with van der Waals surface area (Å²) in [6.07, 6.45) is 5.07. The Morgan fingerprint density at radius 3 is 2.44 bits per heavy atom. The molecule has 1 aliphatic carbocycles. The quantitative estimate of drug-likeness (QED) is 0.733. The van der Waals surface area contributed by atoms with E-state index in [9.17, 15) is 13.5 Å². The zero-order valence-electron chi connectivity index (χ0n) is 11.4. The molecule has 0 spiro atoms. The van der Waals surface area contributed by atoms with Crippen molar-refractivity contribution in [1.82, 2.24) is 9.03 Å². The molecule has 0 amide bonds. The Balaban J connectivity index is 2.32. The van der Waals surface area contributed by atoms with Gasteiger partial charge < -0.3 is 5.11 Å². The van der Waals surface area contributed by atoms with Gasteiger partial charge in [-0.3, -0.25) is 0 Å². The predicted octanol–water partition coefficient (Wildman–Crippen LogP) is 1.10. The third-order valence-corrected chi connectivity index (χ3v) is 5.14. The third kappa shape index (κ3) is 5.22. The van der Waals surface area contributed by atoms with Crippen LogP contribution in [0.15, 0.2) is 0 Å². The number of aliphatic hydroxyl groups excluding tert-OH is 1. The molecule has 0 unspecified atom stereocenters. The molecule has 1 aliphatic rings. The summed E-state index contributed by atoms with van der Waals surface area (Å²) in [4.78, 5) is 0. The van der Waals surface area contributed by atoms with Gasteiger partial charge in [0, 0.05) is 20.1 Å². The highest BCUT2D eigenvalue weighted by molar-refractivity contribution is 7.87. The standard InChI is InChI=1S/C12H26N2O3S/c1-3-4-9-14(2)18(16,17)13-10-11-5-7-12(15)8-6-11/h11-13,15H,3-10H2,1-2H3. The molecular formula is C12H26N2O3S. The van der Waals surface area contributed by atoms with Crippen molar-refractivity contribution in [2.75, 3.05) is 20.1 Å². The molecule has 0 atom stereocenters. The van der Waals surface area contributed by atoms with Crippen LogP contribution in [0.1, 0.15) is 45.4 Å². The smallest absolute Gasteiger partial charge is 0.279 e. The van der Waals surface area contributed by atoms with E-state index < -0.39 is 10.2 Å². The molecule has 1 saturated carbocycles. The van der Waals surface area contributed by atoms with Crippen molar-refractivity contribution in [1.29, 1.82) is 0 Å². The summed E-state index contributed by atoms with van der Waals surface area (Å²) in [5.41, 5.74) is 0. The Bertz CT molecular complexity index is 324. The fourth-order valence-corrected chi connectivity index (χ4v) is 3.22. The summed E-state index contributed by atoms with van der Waals surface area (Å²) in [7, 11) is -1.71. The Morgan fingerprint density at radius 1 is 1.28 bits per heavy atom. The molecule has 1 fully saturated rings. The first-order valence-electron chi connectivity index (χ1n) is 6.84. The molecule has 108 valence electrons. The molecule has 0 aromatic rings. The second kappa shape index (κ2) is 7.43. The summed E-state index contributed by atoms with van der Waals surface area (Å²) in [5.74, 6) is 0.364. The van der Waals surface area contributed by atoms with Crippen LogP contribution in [0, 0.1) is 5.92 Å². The Hall–Kier alpha value is -0.170. The lowest BCUT2D eigenvalue weighted by Crippen LogP contribution is -2.41. The number of hydrogen-bond acceptors (Lipinski definition) is 3. The number of nitrogens with one attached hydrogen (secondary N) is 1. The van der Waals surface area contributed by atoms with Crippen LogP contribution in [-0.4, -0.2) is 44.1 Å². The van der Waals surface area contributed by atoms with Crippen LogP contribution < -0.4 is 4.72 Å². The molecule has 0 saturated heterocycles. The third-order valence-electron chi connectivity index (χ3n) is 3.61. The van der Waals surface area contributed by atoms with Crippen molar-refractivity contribution < 1.29 is 13.5 Å².